The van der Waals surface area contributed by atoms with E-state index in [2.05, 4.69) is 5.32 Å². The second kappa shape index (κ2) is 4.30. The van der Waals surface area contributed by atoms with Crippen molar-refractivity contribution in [3.63, 3.8) is 0 Å². The molecule has 1 aromatic rings. The maximum Gasteiger partial charge on any atom is 0.0734 e. The fourth-order valence-electron chi connectivity index (χ4n) is 1.13. The lowest BCUT2D eigenvalue weighted by molar-refractivity contribution is 1.11. The highest BCUT2D eigenvalue weighted by Gasteiger charge is 2.01. The topological polar surface area (TPSA) is 61.9 Å². The van der Waals surface area contributed by atoms with Crippen molar-refractivity contribution < 1.29 is 0 Å². The maximum atomic E-state index is 7.04. The molecule has 3 nitrogen and oxygen atoms in total. The van der Waals surface area contributed by atoms with Gasteiger partial charge in [0.25, 0.3) is 0 Å². The van der Waals surface area contributed by atoms with Gasteiger partial charge in [0.15, 0.2) is 0 Å². The highest BCUT2D eigenvalue weighted by atomic mass is 14.9. The molecule has 0 amide bonds. The van der Waals surface area contributed by atoms with Crippen molar-refractivity contribution in [2.45, 2.75) is 0 Å². The molecule has 0 bridgehead atoms. The maximum absolute atomic E-state index is 7.04. The van der Waals surface area contributed by atoms with Gasteiger partial charge in [-0.3, -0.25) is 0 Å². The predicted octanol–water partition coefficient (Wildman–Crippen LogP) is 1.18. The van der Waals surface area contributed by atoms with Gasteiger partial charge in [0.05, 0.1) is 11.4 Å². The number of nitrogens with one attached hydrogen (secondary N) is 2. The molecule has 1 aromatic carbocycles. The molecule has 0 heterocycles. The summed E-state index contributed by atoms with van der Waals surface area (Å²) in [6.07, 6.45) is 1.14. The molecule has 0 fully saturated rings. The van der Waals surface area contributed by atoms with E-state index >= 15 is 0 Å². The molecule has 13 heavy (non-hydrogen) atoms. The van der Waals surface area contributed by atoms with E-state index in [1.54, 1.807) is 7.05 Å². The van der Waals surface area contributed by atoms with E-state index in [4.69, 9.17) is 11.1 Å². The zero-order valence-corrected chi connectivity index (χ0v) is 7.54. The van der Waals surface area contributed by atoms with Crippen LogP contribution in [-0.4, -0.2) is 13.3 Å². The lowest BCUT2D eigenvalue weighted by Crippen LogP contribution is -2.13. The Labute approximate surface area is 77.8 Å². The Morgan fingerprint density at radius 3 is 2.46 bits per heavy atom. The van der Waals surface area contributed by atoms with Crippen LogP contribution in [0.4, 0.5) is 0 Å². The zero-order valence-electron chi connectivity index (χ0n) is 7.54. The van der Waals surface area contributed by atoms with E-state index in [1.807, 2.05) is 30.3 Å². The van der Waals surface area contributed by atoms with Crippen LogP contribution in [0.25, 0.3) is 5.70 Å². The van der Waals surface area contributed by atoms with Crippen LogP contribution in [0.1, 0.15) is 5.56 Å². The average Bonchev–Trinajstić information content (AvgIpc) is 2.20. The number of benzene rings is 1. The SMILES string of the molecule is CN/C(=C(/N)C=N)c1ccccc1. The average molecular weight is 175 g/mol. The van der Waals surface area contributed by atoms with Crippen molar-refractivity contribution in [2.24, 2.45) is 5.73 Å². The van der Waals surface area contributed by atoms with Gasteiger partial charge in [0, 0.05) is 13.3 Å². The summed E-state index contributed by atoms with van der Waals surface area (Å²) in [5, 5.41) is 10.0. The van der Waals surface area contributed by atoms with Gasteiger partial charge in [-0.25, -0.2) is 0 Å². The third-order valence-electron chi connectivity index (χ3n) is 1.76. The molecule has 0 radical (unpaired) electrons. The molecule has 68 valence electrons. The van der Waals surface area contributed by atoms with Gasteiger partial charge in [-0.05, 0) is 5.56 Å². The van der Waals surface area contributed by atoms with Gasteiger partial charge in [-0.2, -0.15) is 0 Å². The lowest BCUT2D eigenvalue weighted by atomic mass is 10.1. The van der Waals surface area contributed by atoms with Crippen LogP contribution in [-0.2, 0) is 0 Å². The third kappa shape index (κ3) is 2.08. The Morgan fingerprint density at radius 2 is 2.00 bits per heavy atom. The molecule has 1 rings (SSSR count). The minimum absolute atomic E-state index is 0.439. The molecular weight excluding hydrogens is 162 g/mol. The highest BCUT2D eigenvalue weighted by molar-refractivity contribution is 5.87. The van der Waals surface area contributed by atoms with E-state index in [-0.39, 0.29) is 0 Å². The van der Waals surface area contributed by atoms with Gasteiger partial charge >= 0.3 is 0 Å². The molecule has 0 saturated carbocycles. The number of hydrogen-bond acceptors (Lipinski definition) is 3. The quantitative estimate of drug-likeness (QED) is 0.604. The first kappa shape index (κ1) is 9.32. The molecule has 0 aliphatic rings. The first-order chi connectivity index (χ1) is 6.29. The summed E-state index contributed by atoms with van der Waals surface area (Å²) in [6.45, 7) is 0. The Morgan fingerprint density at radius 1 is 1.38 bits per heavy atom. The Hall–Kier alpha value is -1.77. The standard InChI is InChI=1S/C10H13N3/c1-13-10(9(12)7-11)8-5-3-2-4-6-8/h2-7,11,13H,12H2,1H3/b10-9+,11-7?. The van der Waals surface area contributed by atoms with Crippen molar-refractivity contribution in [3.05, 3.63) is 41.6 Å². The predicted molar refractivity (Wildman–Crippen MR) is 55.4 cm³/mol. The molecule has 3 heteroatoms. The van der Waals surface area contributed by atoms with E-state index in [0.29, 0.717) is 5.70 Å². The Bertz CT molecular complexity index is 314. The van der Waals surface area contributed by atoms with E-state index in [1.165, 1.54) is 0 Å². The number of rotatable bonds is 3. The summed E-state index contributed by atoms with van der Waals surface area (Å²) in [4.78, 5) is 0. The van der Waals surface area contributed by atoms with E-state index in [9.17, 15) is 0 Å². The second-order valence-electron chi connectivity index (χ2n) is 2.59. The first-order valence-electron chi connectivity index (χ1n) is 4.03. The largest absolute Gasteiger partial charge is 0.396 e. The van der Waals surface area contributed by atoms with Crippen LogP contribution in [0.2, 0.25) is 0 Å². The summed E-state index contributed by atoms with van der Waals surface area (Å²) >= 11 is 0. The Kier molecular flexibility index (Phi) is 3.09. The molecule has 0 aliphatic carbocycles. The molecule has 0 aromatic heterocycles. The molecule has 0 saturated heterocycles. The van der Waals surface area contributed by atoms with Gasteiger partial charge in [0.2, 0.25) is 0 Å². The van der Waals surface area contributed by atoms with E-state index in [0.717, 1.165) is 17.5 Å². The fourth-order valence-corrected chi connectivity index (χ4v) is 1.13. The van der Waals surface area contributed by atoms with Crippen LogP contribution in [0.5, 0.6) is 0 Å². The summed E-state index contributed by atoms with van der Waals surface area (Å²) < 4.78 is 0. The second-order valence-corrected chi connectivity index (χ2v) is 2.59. The minimum Gasteiger partial charge on any atom is -0.396 e. The van der Waals surface area contributed by atoms with Gasteiger partial charge in [-0.15, -0.1) is 0 Å². The van der Waals surface area contributed by atoms with Gasteiger partial charge < -0.3 is 16.5 Å². The first-order valence-corrected chi connectivity index (χ1v) is 4.03. The molecular formula is C10H13N3. The Balaban J connectivity index is 3.12. The summed E-state index contributed by atoms with van der Waals surface area (Å²) in [6, 6.07) is 9.70. The summed E-state index contributed by atoms with van der Waals surface area (Å²) in [5.74, 6) is 0. The van der Waals surface area contributed by atoms with Crippen molar-refractivity contribution >= 4 is 11.9 Å². The minimum atomic E-state index is 0.439. The monoisotopic (exact) mass is 175 g/mol. The van der Waals surface area contributed by atoms with Gasteiger partial charge in [-0.1, -0.05) is 30.3 Å². The molecule has 0 spiro atoms. The number of allylic oxidation sites excluding steroid dienone is 1. The zero-order chi connectivity index (χ0) is 9.68. The van der Waals surface area contributed by atoms with Crippen LogP contribution in [0.15, 0.2) is 36.0 Å². The smallest absolute Gasteiger partial charge is 0.0734 e. The van der Waals surface area contributed by atoms with Gasteiger partial charge in [0.1, 0.15) is 0 Å². The summed E-state index contributed by atoms with van der Waals surface area (Å²) in [7, 11) is 1.79. The fraction of sp³-hybridized carbons (Fsp3) is 0.100. The normalized spacial score (nSPS) is 11.8. The van der Waals surface area contributed by atoms with Crippen LogP contribution >= 0.6 is 0 Å². The highest BCUT2D eigenvalue weighted by Crippen LogP contribution is 2.11. The lowest BCUT2D eigenvalue weighted by Gasteiger charge is -2.08. The van der Waals surface area contributed by atoms with E-state index < -0.39 is 0 Å². The molecule has 0 aliphatic heterocycles. The number of hydrogen-bond donors (Lipinski definition) is 3. The molecule has 0 unspecified atom stereocenters. The van der Waals surface area contributed by atoms with Crippen molar-refractivity contribution in [3.8, 4) is 0 Å². The van der Waals surface area contributed by atoms with Crippen LogP contribution in [0, 0.1) is 5.41 Å². The van der Waals surface area contributed by atoms with Crippen LogP contribution < -0.4 is 11.1 Å². The van der Waals surface area contributed by atoms with Crippen molar-refractivity contribution in [1.82, 2.24) is 5.32 Å². The van der Waals surface area contributed by atoms with Crippen molar-refractivity contribution in [1.29, 1.82) is 5.41 Å². The summed E-state index contributed by atoms with van der Waals surface area (Å²) in [5.41, 5.74) is 7.85. The van der Waals surface area contributed by atoms with Crippen molar-refractivity contribution in [2.75, 3.05) is 7.05 Å². The molecule has 4 N–H and O–H groups in total. The number of nitrogens with two attached hydrogens (primary N) is 1. The molecule has 0 atom stereocenters. The van der Waals surface area contributed by atoms with Crippen LogP contribution in [0.3, 0.4) is 0 Å². The third-order valence-corrected chi connectivity index (χ3v) is 1.76.